The van der Waals surface area contributed by atoms with Crippen molar-refractivity contribution in [3.8, 4) is 0 Å². The number of carbonyl (C=O) groups is 1. The number of anilines is 1. The van der Waals surface area contributed by atoms with Gasteiger partial charge >= 0.3 is 5.69 Å². The number of nitrogens with zero attached hydrogens (tertiary/aromatic N) is 3. The molecule has 1 aromatic heterocycles. The average Bonchev–Trinajstić information content (AvgIpc) is 3.11. The molecule has 1 spiro atoms. The second-order valence-electron chi connectivity index (χ2n) is 6.18. The molecule has 0 unspecified atom stereocenters. The lowest BCUT2D eigenvalue weighted by Crippen LogP contribution is -2.42. The van der Waals surface area contributed by atoms with Gasteiger partial charge in [0.15, 0.2) is 0 Å². The Labute approximate surface area is 132 Å². The van der Waals surface area contributed by atoms with E-state index in [2.05, 4.69) is 16.3 Å². The molecule has 0 saturated carbocycles. The normalized spacial score (nSPS) is 19.0. The number of para-hydroxylation sites is 1. The van der Waals surface area contributed by atoms with E-state index in [0.29, 0.717) is 6.54 Å². The Morgan fingerprint density at radius 3 is 2.83 bits per heavy atom. The van der Waals surface area contributed by atoms with Crippen LogP contribution in [0.1, 0.15) is 18.4 Å². The van der Waals surface area contributed by atoms with Crippen molar-refractivity contribution in [3.63, 3.8) is 0 Å². The maximum absolute atomic E-state index is 12.7. The highest BCUT2D eigenvalue weighted by molar-refractivity contribution is 5.96. The molecule has 2 aliphatic heterocycles. The zero-order chi connectivity index (χ0) is 15.9. The van der Waals surface area contributed by atoms with Crippen LogP contribution in [0.5, 0.6) is 0 Å². The smallest absolute Gasteiger partial charge is 0.343 e. The molecule has 4 rings (SSSR count). The van der Waals surface area contributed by atoms with Crippen molar-refractivity contribution >= 4 is 11.6 Å². The Balaban J connectivity index is 1.66. The van der Waals surface area contributed by atoms with Gasteiger partial charge in [-0.2, -0.15) is 5.10 Å². The molecular formula is C16H18N4O3. The molecule has 7 heteroatoms. The van der Waals surface area contributed by atoms with E-state index < -0.39 is 0 Å². The molecule has 120 valence electrons. The molecule has 3 heterocycles. The fraction of sp³-hybridized carbons (Fsp3) is 0.438. The quantitative estimate of drug-likeness (QED) is 0.883. The number of hydrogen-bond acceptors (Lipinski definition) is 4. The zero-order valence-corrected chi connectivity index (χ0v) is 12.7. The van der Waals surface area contributed by atoms with Crippen molar-refractivity contribution in [3.05, 3.63) is 46.6 Å². The average molecular weight is 314 g/mol. The SMILES string of the molecule is O=C(Cn1cn[nH]c1=O)N1CC2(CCOCC2)c2ccccc21. The van der Waals surface area contributed by atoms with E-state index in [1.54, 1.807) is 4.90 Å². The first kappa shape index (κ1) is 14.2. The van der Waals surface area contributed by atoms with Crippen molar-refractivity contribution in [2.24, 2.45) is 0 Å². The summed E-state index contributed by atoms with van der Waals surface area (Å²) in [5, 5.41) is 5.98. The van der Waals surface area contributed by atoms with E-state index in [-0.39, 0.29) is 23.6 Å². The Bertz CT molecular complexity index is 788. The van der Waals surface area contributed by atoms with Crippen LogP contribution in [-0.4, -0.2) is 40.4 Å². The third kappa shape index (κ3) is 2.28. The van der Waals surface area contributed by atoms with E-state index in [0.717, 1.165) is 31.7 Å². The van der Waals surface area contributed by atoms with Gasteiger partial charge in [0.25, 0.3) is 0 Å². The standard InChI is InChI=1S/C16H18N4O3/c21-14(9-19-11-17-18-15(19)22)20-10-16(5-7-23-8-6-16)12-3-1-2-4-13(12)20/h1-4,11H,5-10H2,(H,18,22). The summed E-state index contributed by atoms with van der Waals surface area (Å²) in [5.41, 5.74) is 1.78. The molecular weight excluding hydrogens is 296 g/mol. The van der Waals surface area contributed by atoms with Gasteiger partial charge in [-0.25, -0.2) is 9.89 Å². The number of fused-ring (bicyclic) bond motifs is 2. The minimum atomic E-state index is -0.369. The molecule has 2 aliphatic rings. The molecule has 1 N–H and O–H groups in total. The summed E-state index contributed by atoms with van der Waals surface area (Å²) in [6, 6.07) is 8.06. The number of nitrogens with one attached hydrogen (secondary N) is 1. The minimum Gasteiger partial charge on any atom is -0.381 e. The van der Waals surface area contributed by atoms with E-state index in [4.69, 9.17) is 4.74 Å². The van der Waals surface area contributed by atoms with Crippen LogP contribution >= 0.6 is 0 Å². The second kappa shape index (κ2) is 5.34. The minimum absolute atomic E-state index is 0.00372. The van der Waals surface area contributed by atoms with Crippen molar-refractivity contribution < 1.29 is 9.53 Å². The van der Waals surface area contributed by atoms with Crippen LogP contribution in [0.2, 0.25) is 0 Å². The number of hydrogen-bond donors (Lipinski definition) is 1. The van der Waals surface area contributed by atoms with Gasteiger partial charge in [-0.15, -0.1) is 0 Å². The highest BCUT2D eigenvalue weighted by atomic mass is 16.5. The third-order valence-corrected chi connectivity index (χ3v) is 4.90. The van der Waals surface area contributed by atoms with E-state index in [1.807, 2.05) is 18.2 Å². The van der Waals surface area contributed by atoms with Gasteiger partial charge in [0.1, 0.15) is 12.9 Å². The highest BCUT2D eigenvalue weighted by Crippen LogP contribution is 2.46. The van der Waals surface area contributed by atoms with Crippen LogP contribution in [-0.2, 0) is 21.5 Å². The molecule has 1 saturated heterocycles. The van der Waals surface area contributed by atoms with Gasteiger partial charge in [0.05, 0.1) is 0 Å². The number of carbonyl (C=O) groups excluding carboxylic acids is 1. The summed E-state index contributed by atoms with van der Waals surface area (Å²) in [6.45, 7) is 2.09. The lowest BCUT2D eigenvalue weighted by molar-refractivity contribution is -0.119. The molecule has 1 fully saturated rings. The van der Waals surface area contributed by atoms with Crippen molar-refractivity contribution in [2.45, 2.75) is 24.8 Å². The second-order valence-corrected chi connectivity index (χ2v) is 6.18. The Hall–Kier alpha value is -2.41. The fourth-order valence-corrected chi connectivity index (χ4v) is 3.66. The van der Waals surface area contributed by atoms with Crippen molar-refractivity contribution in [1.29, 1.82) is 0 Å². The van der Waals surface area contributed by atoms with Gasteiger partial charge in [0, 0.05) is 30.9 Å². The number of benzene rings is 1. The predicted molar refractivity (Wildman–Crippen MR) is 83.4 cm³/mol. The molecule has 0 aliphatic carbocycles. The lowest BCUT2D eigenvalue weighted by Gasteiger charge is -2.34. The third-order valence-electron chi connectivity index (χ3n) is 4.90. The number of ether oxygens (including phenoxy) is 1. The van der Waals surface area contributed by atoms with Crippen LogP contribution in [0, 0.1) is 0 Å². The molecule has 0 radical (unpaired) electrons. The van der Waals surface area contributed by atoms with Crippen molar-refractivity contribution in [1.82, 2.24) is 14.8 Å². The van der Waals surface area contributed by atoms with Gasteiger partial charge in [-0.3, -0.25) is 9.36 Å². The Kier molecular flexibility index (Phi) is 3.30. The fourth-order valence-electron chi connectivity index (χ4n) is 3.66. The van der Waals surface area contributed by atoms with E-state index in [9.17, 15) is 9.59 Å². The number of H-pyrrole nitrogens is 1. The van der Waals surface area contributed by atoms with Crippen LogP contribution in [0.25, 0.3) is 0 Å². The van der Waals surface area contributed by atoms with Gasteiger partial charge in [0.2, 0.25) is 5.91 Å². The monoisotopic (exact) mass is 314 g/mol. The van der Waals surface area contributed by atoms with Crippen LogP contribution < -0.4 is 10.6 Å². The van der Waals surface area contributed by atoms with Gasteiger partial charge in [-0.1, -0.05) is 18.2 Å². The lowest BCUT2D eigenvalue weighted by atomic mass is 9.76. The molecule has 0 bridgehead atoms. The van der Waals surface area contributed by atoms with Crippen LogP contribution in [0.15, 0.2) is 35.4 Å². The number of rotatable bonds is 2. The maximum Gasteiger partial charge on any atom is 0.343 e. The summed E-state index contributed by atoms with van der Waals surface area (Å²) in [4.78, 5) is 26.1. The predicted octanol–water partition coefficient (Wildman–Crippen LogP) is 0.666. The number of amides is 1. The Morgan fingerprint density at radius 1 is 1.30 bits per heavy atom. The summed E-state index contributed by atoms with van der Waals surface area (Å²) in [6.07, 6.45) is 3.19. The molecule has 0 atom stereocenters. The molecule has 1 amide bonds. The zero-order valence-electron chi connectivity index (χ0n) is 12.7. The molecule has 2 aromatic rings. The largest absolute Gasteiger partial charge is 0.381 e. The van der Waals surface area contributed by atoms with E-state index in [1.165, 1.54) is 16.5 Å². The number of aromatic nitrogens is 3. The van der Waals surface area contributed by atoms with Crippen LogP contribution in [0.3, 0.4) is 0 Å². The highest BCUT2D eigenvalue weighted by Gasteiger charge is 2.45. The number of aromatic amines is 1. The first-order valence-corrected chi connectivity index (χ1v) is 7.77. The van der Waals surface area contributed by atoms with Crippen molar-refractivity contribution in [2.75, 3.05) is 24.7 Å². The first-order chi connectivity index (χ1) is 11.2. The molecule has 23 heavy (non-hydrogen) atoms. The topological polar surface area (TPSA) is 80.2 Å². The molecule has 1 aromatic carbocycles. The summed E-state index contributed by atoms with van der Waals surface area (Å²) < 4.78 is 6.80. The van der Waals surface area contributed by atoms with Crippen LogP contribution in [0.4, 0.5) is 5.69 Å². The summed E-state index contributed by atoms with van der Waals surface area (Å²) >= 11 is 0. The van der Waals surface area contributed by atoms with Gasteiger partial charge in [-0.05, 0) is 24.5 Å². The maximum atomic E-state index is 12.7. The first-order valence-electron chi connectivity index (χ1n) is 7.77. The van der Waals surface area contributed by atoms with Gasteiger partial charge < -0.3 is 9.64 Å². The summed E-state index contributed by atoms with van der Waals surface area (Å²) in [5.74, 6) is -0.0932. The molecule has 7 nitrogen and oxygen atoms in total. The Morgan fingerprint density at radius 2 is 2.09 bits per heavy atom. The van der Waals surface area contributed by atoms with E-state index >= 15 is 0 Å². The summed E-state index contributed by atoms with van der Waals surface area (Å²) in [7, 11) is 0.